The Labute approximate surface area is 92.1 Å². The lowest BCUT2D eigenvalue weighted by molar-refractivity contribution is 0.575. The van der Waals surface area contributed by atoms with E-state index in [2.05, 4.69) is 32.0 Å². The van der Waals surface area contributed by atoms with Gasteiger partial charge in [0.1, 0.15) is 11.3 Å². The lowest BCUT2D eigenvalue weighted by Gasteiger charge is -1.95. The van der Waals surface area contributed by atoms with Crippen LogP contribution in [0.4, 0.5) is 0 Å². The molecule has 0 spiro atoms. The van der Waals surface area contributed by atoms with Gasteiger partial charge >= 0.3 is 0 Å². The Kier molecular flexibility index (Phi) is 3.96. The second-order valence-corrected chi connectivity index (χ2v) is 3.47. The molecule has 2 rings (SSSR count). The third-order valence-corrected chi connectivity index (χ3v) is 2.65. The minimum atomic E-state index is 1.01. The molecule has 0 aliphatic heterocycles. The highest BCUT2D eigenvalue weighted by Gasteiger charge is 2.06. The summed E-state index contributed by atoms with van der Waals surface area (Å²) >= 11 is 0. The van der Waals surface area contributed by atoms with Crippen molar-refractivity contribution in [2.75, 3.05) is 0 Å². The quantitative estimate of drug-likeness (QED) is 0.659. The Morgan fingerprint density at radius 3 is 2.40 bits per heavy atom. The summed E-state index contributed by atoms with van der Waals surface area (Å²) in [6, 6.07) is 6.42. The van der Waals surface area contributed by atoms with E-state index in [1.165, 1.54) is 16.5 Å². The number of aryl methyl sites for hydroxylation is 3. The van der Waals surface area contributed by atoms with E-state index in [0.29, 0.717) is 0 Å². The predicted molar refractivity (Wildman–Crippen MR) is 66.4 cm³/mol. The van der Waals surface area contributed by atoms with Crippen LogP contribution in [0.2, 0.25) is 0 Å². The molecule has 0 amide bonds. The molecule has 1 heterocycles. The molecule has 0 N–H and O–H groups in total. The number of hydrogen-bond donors (Lipinski definition) is 0. The molecule has 0 aliphatic rings. The van der Waals surface area contributed by atoms with Crippen molar-refractivity contribution in [3.63, 3.8) is 0 Å². The summed E-state index contributed by atoms with van der Waals surface area (Å²) < 4.78 is 5.60. The maximum absolute atomic E-state index is 5.60. The summed E-state index contributed by atoms with van der Waals surface area (Å²) in [6.45, 7) is 10.3. The fourth-order valence-corrected chi connectivity index (χ4v) is 1.61. The van der Waals surface area contributed by atoms with Crippen LogP contribution in [0.25, 0.3) is 11.0 Å². The number of hydrogen-bond acceptors (Lipinski definition) is 1. The summed E-state index contributed by atoms with van der Waals surface area (Å²) in [5, 5.41) is 1.26. The van der Waals surface area contributed by atoms with Gasteiger partial charge in [-0.05, 0) is 43.5 Å². The highest BCUT2D eigenvalue weighted by Crippen LogP contribution is 2.25. The van der Waals surface area contributed by atoms with Gasteiger partial charge in [-0.1, -0.05) is 26.8 Å². The van der Waals surface area contributed by atoms with Crippen molar-refractivity contribution in [3.8, 4) is 0 Å². The van der Waals surface area contributed by atoms with Gasteiger partial charge < -0.3 is 4.42 Å². The lowest BCUT2D eigenvalue weighted by atomic mass is 10.1. The van der Waals surface area contributed by atoms with Crippen LogP contribution in [-0.2, 0) is 6.42 Å². The summed E-state index contributed by atoms with van der Waals surface area (Å²) in [4.78, 5) is 0. The van der Waals surface area contributed by atoms with Crippen molar-refractivity contribution in [2.24, 2.45) is 0 Å². The van der Waals surface area contributed by atoms with Crippen molar-refractivity contribution in [3.05, 3.63) is 35.1 Å². The van der Waals surface area contributed by atoms with Gasteiger partial charge in [0.25, 0.3) is 0 Å². The maximum Gasteiger partial charge on any atom is 0.134 e. The molecule has 0 saturated heterocycles. The molecule has 0 aliphatic carbocycles. The topological polar surface area (TPSA) is 13.1 Å². The summed E-state index contributed by atoms with van der Waals surface area (Å²) in [7, 11) is 0. The van der Waals surface area contributed by atoms with E-state index in [0.717, 1.165) is 17.8 Å². The monoisotopic (exact) mass is 204 g/mol. The van der Waals surface area contributed by atoms with Crippen LogP contribution < -0.4 is 0 Å². The molecule has 0 radical (unpaired) electrons. The van der Waals surface area contributed by atoms with Gasteiger partial charge in [0.15, 0.2) is 0 Å². The van der Waals surface area contributed by atoms with Crippen molar-refractivity contribution in [2.45, 2.75) is 41.0 Å². The minimum Gasteiger partial charge on any atom is -0.461 e. The summed E-state index contributed by atoms with van der Waals surface area (Å²) in [5.41, 5.74) is 3.65. The Hall–Kier alpha value is -1.24. The fourth-order valence-electron chi connectivity index (χ4n) is 1.61. The normalized spacial score (nSPS) is 9.93. The van der Waals surface area contributed by atoms with Crippen LogP contribution >= 0.6 is 0 Å². The Morgan fingerprint density at radius 2 is 1.80 bits per heavy atom. The molecule has 1 aromatic heterocycles. The summed E-state index contributed by atoms with van der Waals surface area (Å²) in [5.74, 6) is 1.03. The van der Waals surface area contributed by atoms with Crippen LogP contribution in [0.5, 0.6) is 0 Å². The summed E-state index contributed by atoms with van der Waals surface area (Å²) in [6.07, 6.45) is 1.08. The highest BCUT2D eigenvalue weighted by atomic mass is 16.3. The molecule has 2 aromatic rings. The second kappa shape index (κ2) is 5.01. The third-order valence-electron chi connectivity index (χ3n) is 2.65. The Bertz CT molecular complexity index is 438. The first-order valence-corrected chi connectivity index (χ1v) is 5.71. The molecule has 1 aromatic carbocycles. The van der Waals surface area contributed by atoms with Gasteiger partial charge in [-0.15, -0.1) is 0 Å². The first kappa shape index (κ1) is 11.8. The molecular formula is C14H20O. The molecule has 15 heavy (non-hydrogen) atoms. The standard InChI is InChI=1S/C12H14O.C2H6/c1-4-10-5-6-12-11(7-10)8(2)9(3)13-12;1-2/h5-7H,4H2,1-3H3;1-2H3. The highest BCUT2D eigenvalue weighted by molar-refractivity contribution is 5.82. The van der Waals surface area contributed by atoms with E-state index in [4.69, 9.17) is 4.42 Å². The van der Waals surface area contributed by atoms with E-state index >= 15 is 0 Å². The number of furan rings is 1. The third kappa shape index (κ3) is 2.23. The van der Waals surface area contributed by atoms with Gasteiger partial charge in [-0.2, -0.15) is 0 Å². The average Bonchev–Trinajstić information content (AvgIpc) is 2.57. The maximum atomic E-state index is 5.60. The average molecular weight is 204 g/mol. The molecule has 0 unspecified atom stereocenters. The van der Waals surface area contributed by atoms with Crippen LogP contribution in [0.1, 0.15) is 37.7 Å². The number of fused-ring (bicyclic) bond motifs is 1. The van der Waals surface area contributed by atoms with E-state index < -0.39 is 0 Å². The molecule has 0 fully saturated rings. The van der Waals surface area contributed by atoms with E-state index in [1.807, 2.05) is 20.8 Å². The van der Waals surface area contributed by atoms with Gasteiger partial charge in [-0.25, -0.2) is 0 Å². The SMILES string of the molecule is CC.CCc1ccc2oc(C)c(C)c2c1. The van der Waals surface area contributed by atoms with Gasteiger partial charge in [-0.3, -0.25) is 0 Å². The van der Waals surface area contributed by atoms with Crippen molar-refractivity contribution in [1.29, 1.82) is 0 Å². The number of rotatable bonds is 1. The van der Waals surface area contributed by atoms with E-state index in [1.54, 1.807) is 0 Å². The first-order valence-electron chi connectivity index (χ1n) is 5.71. The fraction of sp³-hybridized carbons (Fsp3) is 0.429. The lowest BCUT2D eigenvalue weighted by Crippen LogP contribution is -1.78. The molecule has 0 bridgehead atoms. The van der Waals surface area contributed by atoms with Gasteiger partial charge in [0.2, 0.25) is 0 Å². The molecule has 1 nitrogen and oxygen atoms in total. The van der Waals surface area contributed by atoms with Crippen LogP contribution in [0, 0.1) is 13.8 Å². The molecule has 82 valence electrons. The molecule has 0 atom stereocenters. The molecular weight excluding hydrogens is 184 g/mol. The zero-order valence-electron chi connectivity index (χ0n) is 10.3. The van der Waals surface area contributed by atoms with E-state index in [-0.39, 0.29) is 0 Å². The van der Waals surface area contributed by atoms with Gasteiger partial charge in [0.05, 0.1) is 0 Å². The zero-order valence-corrected chi connectivity index (χ0v) is 10.3. The molecule has 1 heteroatoms. The smallest absolute Gasteiger partial charge is 0.134 e. The second-order valence-electron chi connectivity index (χ2n) is 3.47. The Balaban J connectivity index is 0.000000531. The molecule has 0 saturated carbocycles. The van der Waals surface area contributed by atoms with Crippen LogP contribution in [0.15, 0.2) is 22.6 Å². The zero-order chi connectivity index (χ0) is 11.4. The van der Waals surface area contributed by atoms with Crippen molar-refractivity contribution < 1.29 is 4.42 Å². The van der Waals surface area contributed by atoms with Crippen LogP contribution in [-0.4, -0.2) is 0 Å². The minimum absolute atomic E-state index is 1.01. The van der Waals surface area contributed by atoms with Crippen molar-refractivity contribution >= 4 is 11.0 Å². The van der Waals surface area contributed by atoms with E-state index in [9.17, 15) is 0 Å². The first-order chi connectivity index (χ1) is 7.22. The number of benzene rings is 1. The van der Waals surface area contributed by atoms with Gasteiger partial charge in [0, 0.05) is 5.39 Å². The Morgan fingerprint density at radius 1 is 1.13 bits per heavy atom. The largest absolute Gasteiger partial charge is 0.461 e. The predicted octanol–water partition coefficient (Wildman–Crippen LogP) is 4.64. The van der Waals surface area contributed by atoms with Crippen LogP contribution in [0.3, 0.4) is 0 Å². The van der Waals surface area contributed by atoms with Crippen molar-refractivity contribution in [1.82, 2.24) is 0 Å².